The summed E-state index contributed by atoms with van der Waals surface area (Å²) >= 11 is 6.22. The van der Waals surface area contributed by atoms with E-state index in [9.17, 15) is 13.2 Å². The zero-order valence-electron chi connectivity index (χ0n) is 11.0. The Labute approximate surface area is 116 Å². The van der Waals surface area contributed by atoms with Crippen LogP contribution in [0.15, 0.2) is 24.3 Å². The highest BCUT2D eigenvalue weighted by molar-refractivity contribution is 6.20. The van der Waals surface area contributed by atoms with Crippen LogP contribution in [0.3, 0.4) is 0 Å². The maximum Gasteiger partial charge on any atom is 0.416 e. The quantitative estimate of drug-likeness (QED) is 0.656. The van der Waals surface area contributed by atoms with Crippen LogP contribution in [0, 0.1) is 0 Å². The van der Waals surface area contributed by atoms with Gasteiger partial charge in [-0.3, -0.25) is 0 Å². The highest BCUT2D eigenvalue weighted by atomic mass is 35.5. The van der Waals surface area contributed by atoms with E-state index in [-0.39, 0.29) is 0 Å². The van der Waals surface area contributed by atoms with Gasteiger partial charge < -0.3 is 10.2 Å². The largest absolute Gasteiger partial charge is 0.416 e. The van der Waals surface area contributed by atoms with Crippen LogP contribution >= 0.6 is 11.6 Å². The van der Waals surface area contributed by atoms with Crippen molar-refractivity contribution >= 4 is 11.6 Å². The maximum atomic E-state index is 12.6. The van der Waals surface area contributed by atoms with Gasteiger partial charge in [-0.15, -0.1) is 11.6 Å². The van der Waals surface area contributed by atoms with E-state index in [2.05, 4.69) is 0 Å². The lowest BCUT2D eigenvalue weighted by atomic mass is 10.1. The molecule has 2 N–H and O–H groups in total. The van der Waals surface area contributed by atoms with E-state index in [0.717, 1.165) is 18.7 Å². The summed E-state index contributed by atoms with van der Waals surface area (Å²) in [6, 6.07) is 5.17. The van der Waals surface area contributed by atoms with Crippen molar-refractivity contribution in [2.45, 2.75) is 11.6 Å². The van der Waals surface area contributed by atoms with Crippen LogP contribution in [-0.4, -0.2) is 38.2 Å². The van der Waals surface area contributed by atoms with Gasteiger partial charge >= 0.3 is 6.18 Å². The molecule has 0 heterocycles. The van der Waals surface area contributed by atoms with Gasteiger partial charge in [0.15, 0.2) is 0 Å². The van der Waals surface area contributed by atoms with Crippen LogP contribution in [0.5, 0.6) is 0 Å². The first kappa shape index (κ1) is 16.3. The summed E-state index contributed by atoms with van der Waals surface area (Å²) in [7, 11) is 3.91. The van der Waals surface area contributed by atoms with Crippen molar-refractivity contribution in [3.8, 4) is 0 Å². The molecule has 1 atom stereocenters. The molecule has 19 heavy (non-hydrogen) atoms. The Morgan fingerprint density at radius 1 is 1.32 bits per heavy atom. The first-order valence-electron chi connectivity index (χ1n) is 5.99. The zero-order valence-corrected chi connectivity index (χ0v) is 11.8. The minimum Gasteiger partial charge on any atom is -0.326 e. The molecule has 0 saturated carbocycles. The van der Waals surface area contributed by atoms with Gasteiger partial charge in [-0.1, -0.05) is 18.2 Å². The van der Waals surface area contributed by atoms with Crippen molar-refractivity contribution in [3.05, 3.63) is 35.4 Å². The molecule has 0 aliphatic heterocycles. The molecule has 0 aliphatic carbocycles. The summed E-state index contributed by atoms with van der Waals surface area (Å²) in [6.45, 7) is 1.77. The molecular weight excluding hydrogens is 277 g/mol. The third kappa shape index (κ3) is 5.01. The Morgan fingerprint density at radius 3 is 2.47 bits per heavy atom. The predicted molar refractivity (Wildman–Crippen MR) is 70.9 cm³/mol. The number of rotatable bonds is 5. The highest BCUT2D eigenvalue weighted by Crippen LogP contribution is 2.32. The fraction of sp³-hybridized carbons (Fsp3) is 0.538. The number of halogens is 4. The van der Waals surface area contributed by atoms with Gasteiger partial charge in [-0.25, -0.2) is 0 Å². The average Bonchev–Trinajstić information content (AvgIpc) is 2.27. The number of alkyl halides is 4. The minimum absolute atomic E-state index is 0.469. The monoisotopic (exact) mass is 295 g/mol. The Hall–Kier alpha value is -0.780. The lowest BCUT2D eigenvalue weighted by Crippen LogP contribution is -2.45. The Bertz CT molecular complexity index is 419. The molecule has 1 rings (SSSR count). The number of likely N-dealkylation sites (N-methyl/N-ethyl adjacent to an activating group) is 1. The molecule has 0 bridgehead atoms. The predicted octanol–water partition coefficient (Wildman–Crippen LogP) is 3.02. The summed E-state index contributed by atoms with van der Waals surface area (Å²) in [4.78, 5) is 0. The van der Waals surface area contributed by atoms with E-state index in [0.29, 0.717) is 23.1 Å². The summed E-state index contributed by atoms with van der Waals surface area (Å²) in [5, 5.41) is -0.469. The summed E-state index contributed by atoms with van der Waals surface area (Å²) in [5.41, 5.74) is 5.32. The van der Waals surface area contributed by atoms with Crippen molar-refractivity contribution in [1.29, 1.82) is 0 Å². The summed E-state index contributed by atoms with van der Waals surface area (Å²) in [6.07, 6.45) is -4.34. The van der Waals surface area contributed by atoms with Gasteiger partial charge in [0, 0.05) is 6.54 Å². The number of benzene rings is 1. The number of nitrogens with two attached hydrogens (primary N) is 1. The van der Waals surface area contributed by atoms with E-state index in [1.807, 2.05) is 14.1 Å². The lowest BCUT2D eigenvalue weighted by molar-refractivity contribution is -0.889. The van der Waals surface area contributed by atoms with Gasteiger partial charge in [-0.2, -0.15) is 13.2 Å². The van der Waals surface area contributed by atoms with Crippen LogP contribution in [-0.2, 0) is 6.18 Å². The van der Waals surface area contributed by atoms with Crippen LogP contribution in [0.25, 0.3) is 0 Å². The maximum absolute atomic E-state index is 12.6. The molecule has 0 spiro atoms. The minimum atomic E-state index is -4.34. The van der Waals surface area contributed by atoms with Crippen LogP contribution in [0.2, 0.25) is 0 Å². The second-order valence-electron chi connectivity index (χ2n) is 5.22. The van der Waals surface area contributed by atoms with E-state index in [1.165, 1.54) is 6.07 Å². The molecule has 0 radical (unpaired) electrons. The first-order valence-corrected chi connectivity index (χ1v) is 6.43. The molecule has 0 aliphatic rings. The Balaban J connectivity index is 2.86. The van der Waals surface area contributed by atoms with Crippen molar-refractivity contribution in [2.75, 3.05) is 33.7 Å². The van der Waals surface area contributed by atoms with Crippen molar-refractivity contribution in [1.82, 2.24) is 0 Å². The lowest BCUT2D eigenvalue weighted by Gasteiger charge is -2.31. The van der Waals surface area contributed by atoms with Gasteiger partial charge in [0.1, 0.15) is 5.38 Å². The average molecular weight is 296 g/mol. The molecule has 1 aromatic rings. The van der Waals surface area contributed by atoms with Crippen molar-refractivity contribution < 1.29 is 17.7 Å². The van der Waals surface area contributed by atoms with Crippen molar-refractivity contribution in [2.24, 2.45) is 5.73 Å². The second-order valence-corrected chi connectivity index (χ2v) is 5.75. The Kier molecular flexibility index (Phi) is 5.24. The zero-order chi connectivity index (χ0) is 14.7. The van der Waals surface area contributed by atoms with E-state index in [4.69, 9.17) is 17.3 Å². The van der Waals surface area contributed by atoms with E-state index < -0.39 is 17.1 Å². The van der Waals surface area contributed by atoms with Gasteiger partial charge in [0.2, 0.25) is 0 Å². The normalized spacial score (nSPS) is 14.5. The van der Waals surface area contributed by atoms with Crippen LogP contribution < -0.4 is 5.73 Å². The molecule has 1 unspecified atom stereocenters. The van der Waals surface area contributed by atoms with Gasteiger partial charge in [-0.05, 0) is 11.6 Å². The SMILES string of the molecule is C[N+](C)(CCN)CC(Cl)c1cccc(C(F)(F)F)c1. The Morgan fingerprint density at radius 2 is 1.95 bits per heavy atom. The third-order valence-electron chi connectivity index (χ3n) is 2.96. The van der Waals surface area contributed by atoms with E-state index in [1.54, 1.807) is 6.07 Å². The van der Waals surface area contributed by atoms with Crippen LogP contribution in [0.1, 0.15) is 16.5 Å². The summed E-state index contributed by atoms with van der Waals surface area (Å²) < 4.78 is 38.4. The molecule has 1 aromatic carbocycles. The third-order valence-corrected chi connectivity index (χ3v) is 3.35. The fourth-order valence-electron chi connectivity index (χ4n) is 1.89. The fourth-order valence-corrected chi connectivity index (χ4v) is 2.40. The van der Waals surface area contributed by atoms with Gasteiger partial charge in [0.05, 0.1) is 32.7 Å². The molecule has 6 heteroatoms. The van der Waals surface area contributed by atoms with E-state index >= 15 is 0 Å². The standard InChI is InChI=1S/C13H19ClF3N2/c1-19(2,7-6-18)9-12(14)10-4-3-5-11(8-10)13(15,16)17/h3-5,8,12H,6-7,9,18H2,1-2H3/q+1. The van der Waals surface area contributed by atoms with Gasteiger partial charge in [0.25, 0.3) is 0 Å². The molecule has 0 aromatic heterocycles. The van der Waals surface area contributed by atoms with Crippen LogP contribution in [0.4, 0.5) is 13.2 Å². The number of quaternary nitrogens is 1. The number of nitrogens with zero attached hydrogens (tertiary/aromatic N) is 1. The smallest absolute Gasteiger partial charge is 0.326 e. The van der Waals surface area contributed by atoms with Crippen molar-refractivity contribution in [3.63, 3.8) is 0 Å². The molecule has 108 valence electrons. The highest BCUT2D eigenvalue weighted by Gasteiger charge is 2.31. The topological polar surface area (TPSA) is 26.0 Å². The molecule has 0 fully saturated rings. The first-order chi connectivity index (χ1) is 8.65. The molecular formula is C13H19ClF3N2+. The second kappa shape index (κ2) is 6.11. The summed E-state index contributed by atoms with van der Waals surface area (Å²) in [5.74, 6) is 0. The molecule has 0 saturated heterocycles. The number of hydrogen-bond acceptors (Lipinski definition) is 1. The molecule has 2 nitrogen and oxygen atoms in total. The number of hydrogen-bond donors (Lipinski definition) is 1. The molecule has 0 amide bonds.